The highest BCUT2D eigenvalue weighted by atomic mass is 19.1. The summed E-state index contributed by atoms with van der Waals surface area (Å²) in [6.45, 7) is 5.67. The molecule has 0 amide bonds. The molecule has 1 heterocycles. The van der Waals surface area contributed by atoms with Crippen molar-refractivity contribution in [2.45, 2.75) is 20.3 Å². The van der Waals surface area contributed by atoms with E-state index in [0.29, 0.717) is 11.7 Å². The first-order valence-electron chi connectivity index (χ1n) is 6.12. The number of rotatable bonds is 5. The Morgan fingerprint density at radius 3 is 2.89 bits per heavy atom. The Balaban J connectivity index is 2.13. The molecule has 2 rings (SSSR count). The molecule has 0 bridgehead atoms. The van der Waals surface area contributed by atoms with Crippen molar-refractivity contribution in [3.63, 3.8) is 0 Å². The van der Waals surface area contributed by atoms with Crippen molar-refractivity contribution in [3.8, 4) is 11.3 Å². The summed E-state index contributed by atoms with van der Waals surface area (Å²) in [5.74, 6) is 1.03. The maximum atomic E-state index is 13.3. The Kier molecular flexibility index (Phi) is 4.10. The van der Waals surface area contributed by atoms with Crippen molar-refractivity contribution in [2.75, 3.05) is 13.1 Å². The van der Waals surface area contributed by atoms with E-state index in [1.165, 1.54) is 12.1 Å². The SMILES string of the molecule is CCNCCc1ncc(-c2cc(C)cc(F)c2)o1. The van der Waals surface area contributed by atoms with Crippen molar-refractivity contribution in [3.05, 3.63) is 41.7 Å². The van der Waals surface area contributed by atoms with Crippen LogP contribution in [0.15, 0.2) is 28.8 Å². The highest BCUT2D eigenvalue weighted by Gasteiger charge is 2.07. The number of halogens is 1. The van der Waals surface area contributed by atoms with Gasteiger partial charge in [0.1, 0.15) is 5.82 Å². The van der Waals surface area contributed by atoms with Crippen molar-refractivity contribution in [1.29, 1.82) is 0 Å². The van der Waals surface area contributed by atoms with Gasteiger partial charge in [-0.15, -0.1) is 0 Å². The number of hydrogen-bond acceptors (Lipinski definition) is 3. The van der Waals surface area contributed by atoms with Gasteiger partial charge in [-0.05, 0) is 37.2 Å². The number of oxazole rings is 1. The molecule has 1 aromatic carbocycles. The highest BCUT2D eigenvalue weighted by molar-refractivity contribution is 5.57. The summed E-state index contributed by atoms with van der Waals surface area (Å²) >= 11 is 0. The summed E-state index contributed by atoms with van der Waals surface area (Å²) in [4.78, 5) is 4.19. The number of likely N-dealkylation sites (N-methyl/N-ethyl adjacent to an activating group) is 1. The molecule has 0 saturated carbocycles. The van der Waals surface area contributed by atoms with Crippen LogP contribution in [0, 0.1) is 12.7 Å². The van der Waals surface area contributed by atoms with Gasteiger partial charge >= 0.3 is 0 Å². The van der Waals surface area contributed by atoms with Crippen molar-refractivity contribution in [2.24, 2.45) is 0 Å². The molecule has 2 aromatic rings. The van der Waals surface area contributed by atoms with Crippen LogP contribution in [0.3, 0.4) is 0 Å². The fourth-order valence-electron chi connectivity index (χ4n) is 1.81. The van der Waals surface area contributed by atoms with Crippen molar-refractivity contribution >= 4 is 0 Å². The lowest BCUT2D eigenvalue weighted by Crippen LogP contribution is -2.16. The van der Waals surface area contributed by atoms with Crippen LogP contribution >= 0.6 is 0 Å². The lowest BCUT2D eigenvalue weighted by atomic mass is 10.1. The fraction of sp³-hybridized carbons (Fsp3) is 0.357. The largest absolute Gasteiger partial charge is 0.441 e. The molecule has 0 radical (unpaired) electrons. The van der Waals surface area contributed by atoms with Gasteiger partial charge in [0.05, 0.1) is 6.20 Å². The molecule has 0 aliphatic rings. The molecule has 96 valence electrons. The Morgan fingerprint density at radius 2 is 2.17 bits per heavy atom. The number of aromatic nitrogens is 1. The zero-order valence-corrected chi connectivity index (χ0v) is 10.7. The van der Waals surface area contributed by atoms with E-state index in [-0.39, 0.29) is 5.82 Å². The minimum Gasteiger partial charge on any atom is -0.441 e. The van der Waals surface area contributed by atoms with Gasteiger partial charge in [0.15, 0.2) is 11.7 Å². The fourth-order valence-corrected chi connectivity index (χ4v) is 1.81. The quantitative estimate of drug-likeness (QED) is 0.827. The van der Waals surface area contributed by atoms with Gasteiger partial charge in [-0.25, -0.2) is 9.37 Å². The van der Waals surface area contributed by atoms with Gasteiger partial charge in [-0.3, -0.25) is 0 Å². The Hall–Kier alpha value is -1.68. The average Bonchev–Trinajstić information content (AvgIpc) is 2.77. The number of hydrogen-bond donors (Lipinski definition) is 1. The van der Waals surface area contributed by atoms with E-state index in [2.05, 4.69) is 17.2 Å². The second-order valence-corrected chi connectivity index (χ2v) is 4.24. The van der Waals surface area contributed by atoms with Gasteiger partial charge < -0.3 is 9.73 Å². The average molecular weight is 248 g/mol. The van der Waals surface area contributed by atoms with Crippen LogP contribution in [0.2, 0.25) is 0 Å². The summed E-state index contributed by atoms with van der Waals surface area (Å²) in [6, 6.07) is 4.84. The zero-order chi connectivity index (χ0) is 13.0. The highest BCUT2D eigenvalue weighted by Crippen LogP contribution is 2.22. The van der Waals surface area contributed by atoms with E-state index in [0.717, 1.165) is 30.6 Å². The van der Waals surface area contributed by atoms with E-state index < -0.39 is 0 Å². The first kappa shape index (κ1) is 12.8. The van der Waals surface area contributed by atoms with Crippen molar-refractivity contribution < 1.29 is 8.81 Å². The Labute approximate surface area is 106 Å². The summed E-state index contributed by atoms with van der Waals surface area (Å²) in [6.07, 6.45) is 2.39. The molecule has 3 nitrogen and oxygen atoms in total. The van der Waals surface area contributed by atoms with Gasteiger partial charge in [0.25, 0.3) is 0 Å². The van der Waals surface area contributed by atoms with Gasteiger partial charge in [0.2, 0.25) is 0 Å². The molecule has 0 fully saturated rings. The Morgan fingerprint density at radius 1 is 1.33 bits per heavy atom. The molecule has 0 unspecified atom stereocenters. The van der Waals surface area contributed by atoms with E-state index in [1.54, 1.807) is 6.20 Å². The molecule has 0 saturated heterocycles. The smallest absolute Gasteiger partial charge is 0.196 e. The summed E-state index contributed by atoms with van der Waals surface area (Å²) in [5, 5.41) is 3.20. The molecule has 0 atom stereocenters. The predicted octanol–water partition coefficient (Wildman–Crippen LogP) is 2.94. The summed E-state index contributed by atoms with van der Waals surface area (Å²) in [5.41, 5.74) is 1.60. The van der Waals surface area contributed by atoms with Crippen LogP contribution in [0.5, 0.6) is 0 Å². The van der Waals surface area contributed by atoms with Gasteiger partial charge in [-0.1, -0.05) is 6.92 Å². The van der Waals surface area contributed by atoms with E-state index in [1.807, 2.05) is 13.0 Å². The maximum absolute atomic E-state index is 13.3. The van der Waals surface area contributed by atoms with Gasteiger partial charge in [0, 0.05) is 18.5 Å². The van der Waals surface area contributed by atoms with Crippen LogP contribution in [-0.4, -0.2) is 18.1 Å². The molecule has 0 aliphatic carbocycles. The topological polar surface area (TPSA) is 38.1 Å². The van der Waals surface area contributed by atoms with Crippen LogP contribution in [0.4, 0.5) is 4.39 Å². The zero-order valence-electron chi connectivity index (χ0n) is 10.7. The third-order valence-corrected chi connectivity index (χ3v) is 2.65. The summed E-state index contributed by atoms with van der Waals surface area (Å²) < 4.78 is 18.9. The first-order valence-corrected chi connectivity index (χ1v) is 6.12. The molecular weight excluding hydrogens is 231 g/mol. The van der Waals surface area contributed by atoms with Crippen LogP contribution in [0.25, 0.3) is 11.3 Å². The first-order chi connectivity index (χ1) is 8.69. The maximum Gasteiger partial charge on any atom is 0.196 e. The number of nitrogens with one attached hydrogen (secondary N) is 1. The number of nitrogens with zero attached hydrogens (tertiary/aromatic N) is 1. The van der Waals surface area contributed by atoms with Crippen molar-refractivity contribution in [1.82, 2.24) is 10.3 Å². The van der Waals surface area contributed by atoms with Crippen LogP contribution in [-0.2, 0) is 6.42 Å². The molecule has 0 aliphatic heterocycles. The molecule has 1 aromatic heterocycles. The van der Waals surface area contributed by atoms with E-state index in [4.69, 9.17) is 4.42 Å². The van der Waals surface area contributed by atoms with E-state index in [9.17, 15) is 4.39 Å². The predicted molar refractivity (Wildman–Crippen MR) is 68.9 cm³/mol. The second-order valence-electron chi connectivity index (χ2n) is 4.24. The third kappa shape index (κ3) is 3.17. The second kappa shape index (κ2) is 5.78. The van der Waals surface area contributed by atoms with E-state index >= 15 is 0 Å². The molecular formula is C14H17FN2O. The Bertz CT molecular complexity index is 502. The van der Waals surface area contributed by atoms with Crippen LogP contribution in [0.1, 0.15) is 18.4 Å². The third-order valence-electron chi connectivity index (χ3n) is 2.65. The molecule has 0 spiro atoms. The summed E-state index contributed by atoms with van der Waals surface area (Å²) in [7, 11) is 0. The van der Waals surface area contributed by atoms with Crippen LogP contribution < -0.4 is 5.32 Å². The minimum atomic E-state index is -0.254. The molecule has 18 heavy (non-hydrogen) atoms. The number of aryl methyl sites for hydroxylation is 1. The monoisotopic (exact) mass is 248 g/mol. The normalized spacial score (nSPS) is 10.8. The molecule has 4 heteroatoms. The standard InChI is InChI=1S/C14H17FN2O/c1-3-16-5-4-14-17-9-13(18-14)11-6-10(2)7-12(15)8-11/h6-9,16H,3-5H2,1-2H3. The minimum absolute atomic E-state index is 0.254. The molecule has 1 N–H and O–H groups in total. The number of benzene rings is 1. The van der Waals surface area contributed by atoms with Gasteiger partial charge in [-0.2, -0.15) is 0 Å². The lowest BCUT2D eigenvalue weighted by Gasteiger charge is -2.00. The lowest BCUT2D eigenvalue weighted by molar-refractivity contribution is 0.496.